The van der Waals surface area contributed by atoms with Crippen molar-refractivity contribution < 1.29 is 14.3 Å². The molecule has 1 N–H and O–H groups in total. The number of hydrogen-bond donors (Lipinski definition) is 1. The van der Waals surface area contributed by atoms with E-state index in [1.54, 1.807) is 54.3 Å². The van der Waals surface area contributed by atoms with Crippen LogP contribution < -0.4 is 20.3 Å². The van der Waals surface area contributed by atoms with Crippen molar-refractivity contribution in [2.75, 3.05) is 12.4 Å². The number of carbonyl (C=O) groups is 1. The molecule has 3 aromatic carbocycles. The van der Waals surface area contributed by atoms with Crippen LogP contribution in [-0.2, 0) is 6.42 Å². The molecule has 1 aliphatic rings. The fraction of sp³-hybridized carbons (Fsp3) is 0.143. The molecule has 0 radical (unpaired) electrons. The third kappa shape index (κ3) is 4.18. The molecular weight excluding hydrogens is 428 g/mol. The maximum Gasteiger partial charge on any atom is 0.263 e. The molecule has 0 saturated carbocycles. The molecule has 34 heavy (non-hydrogen) atoms. The van der Waals surface area contributed by atoms with Crippen molar-refractivity contribution in [1.29, 1.82) is 0 Å². The van der Waals surface area contributed by atoms with Crippen LogP contribution in [-0.4, -0.2) is 17.6 Å². The van der Waals surface area contributed by atoms with Crippen LogP contribution in [0.3, 0.4) is 0 Å². The van der Waals surface area contributed by atoms with E-state index in [1.807, 2.05) is 48.5 Å². The minimum Gasteiger partial charge on any atom is -0.496 e. The van der Waals surface area contributed by atoms with Crippen LogP contribution in [0.5, 0.6) is 17.2 Å². The normalized spacial score (nSPS) is 14.3. The summed E-state index contributed by atoms with van der Waals surface area (Å²) in [6.07, 6.45) is 3.35. The van der Waals surface area contributed by atoms with Gasteiger partial charge in [-0.3, -0.25) is 9.59 Å². The van der Waals surface area contributed by atoms with Crippen molar-refractivity contribution in [3.8, 4) is 17.2 Å². The maximum atomic E-state index is 13.3. The zero-order valence-corrected chi connectivity index (χ0v) is 18.7. The molecule has 170 valence electrons. The van der Waals surface area contributed by atoms with E-state index in [1.165, 1.54) is 0 Å². The first-order valence-corrected chi connectivity index (χ1v) is 11.2. The van der Waals surface area contributed by atoms with Crippen molar-refractivity contribution in [3.63, 3.8) is 0 Å². The Morgan fingerprint density at radius 2 is 1.68 bits per heavy atom. The Bertz CT molecular complexity index is 1380. The number of nitrogens with one attached hydrogen (secondary N) is 1. The summed E-state index contributed by atoms with van der Waals surface area (Å²) in [4.78, 5) is 26.2. The molecule has 1 unspecified atom stereocenters. The van der Waals surface area contributed by atoms with Gasteiger partial charge in [0, 0.05) is 11.9 Å². The first-order valence-electron chi connectivity index (χ1n) is 11.2. The molecule has 0 fully saturated rings. The topological polar surface area (TPSA) is 69.6 Å². The van der Waals surface area contributed by atoms with Gasteiger partial charge in [0.2, 0.25) is 0 Å². The Kier molecular flexibility index (Phi) is 5.87. The SMILES string of the molecule is COc1cccc2c1CCC2n1cccc(C(=O)Nc2ccc(Oc3ccccc3)cc2)c1=O. The molecule has 5 rings (SSSR count). The summed E-state index contributed by atoms with van der Waals surface area (Å²) in [5.41, 5.74) is 2.55. The third-order valence-corrected chi connectivity index (χ3v) is 6.06. The molecule has 6 heteroatoms. The number of aromatic nitrogens is 1. The van der Waals surface area contributed by atoms with E-state index >= 15 is 0 Å². The lowest BCUT2D eigenvalue weighted by atomic mass is 10.1. The lowest BCUT2D eigenvalue weighted by molar-refractivity contribution is 0.102. The highest BCUT2D eigenvalue weighted by Crippen LogP contribution is 2.38. The van der Waals surface area contributed by atoms with Crippen LogP contribution in [0.1, 0.15) is 33.9 Å². The minimum atomic E-state index is -0.444. The van der Waals surface area contributed by atoms with Gasteiger partial charge in [0.1, 0.15) is 22.8 Å². The van der Waals surface area contributed by atoms with Gasteiger partial charge in [-0.15, -0.1) is 0 Å². The number of ether oxygens (including phenoxy) is 2. The van der Waals surface area contributed by atoms with Crippen LogP contribution in [0.4, 0.5) is 5.69 Å². The number of carbonyl (C=O) groups excluding carboxylic acids is 1. The van der Waals surface area contributed by atoms with Gasteiger partial charge in [0.25, 0.3) is 11.5 Å². The first kappa shape index (κ1) is 21.5. The molecule has 1 aliphatic carbocycles. The Balaban J connectivity index is 1.34. The van der Waals surface area contributed by atoms with Gasteiger partial charge in [-0.2, -0.15) is 0 Å². The van der Waals surface area contributed by atoms with E-state index in [4.69, 9.17) is 9.47 Å². The second kappa shape index (κ2) is 9.27. The second-order valence-electron chi connectivity index (χ2n) is 8.11. The molecule has 0 aliphatic heterocycles. The summed E-state index contributed by atoms with van der Waals surface area (Å²) in [5.74, 6) is 1.78. The summed E-state index contributed by atoms with van der Waals surface area (Å²) < 4.78 is 12.9. The van der Waals surface area contributed by atoms with Crippen molar-refractivity contribution in [2.24, 2.45) is 0 Å². The monoisotopic (exact) mass is 452 g/mol. The first-order chi connectivity index (χ1) is 16.6. The van der Waals surface area contributed by atoms with E-state index < -0.39 is 5.91 Å². The highest BCUT2D eigenvalue weighted by atomic mass is 16.5. The number of pyridine rings is 1. The van der Waals surface area contributed by atoms with Gasteiger partial charge in [-0.1, -0.05) is 30.3 Å². The third-order valence-electron chi connectivity index (χ3n) is 6.06. The molecule has 1 aromatic heterocycles. The van der Waals surface area contributed by atoms with Crippen molar-refractivity contribution >= 4 is 11.6 Å². The zero-order valence-electron chi connectivity index (χ0n) is 18.7. The van der Waals surface area contributed by atoms with Crippen LogP contribution >= 0.6 is 0 Å². The molecule has 1 atom stereocenters. The molecular formula is C28H24N2O4. The highest BCUT2D eigenvalue weighted by Gasteiger charge is 2.28. The van der Waals surface area contributed by atoms with E-state index in [0.717, 1.165) is 35.5 Å². The Hall–Kier alpha value is -4.32. The molecule has 1 heterocycles. The number of nitrogens with zero attached hydrogens (tertiary/aromatic N) is 1. The quantitative estimate of drug-likeness (QED) is 0.423. The summed E-state index contributed by atoms with van der Waals surface area (Å²) >= 11 is 0. The predicted octanol–water partition coefficient (Wildman–Crippen LogP) is 5.44. The summed E-state index contributed by atoms with van der Waals surface area (Å²) in [6, 6.07) is 25.6. The van der Waals surface area contributed by atoms with Gasteiger partial charge in [-0.05, 0) is 78.6 Å². The largest absolute Gasteiger partial charge is 0.496 e. The van der Waals surface area contributed by atoms with Crippen molar-refractivity contribution in [3.05, 3.63) is 118 Å². The lowest BCUT2D eigenvalue weighted by Crippen LogP contribution is -2.30. The Morgan fingerprint density at radius 3 is 2.44 bits per heavy atom. The average Bonchev–Trinajstić information content (AvgIpc) is 3.30. The molecule has 0 saturated heterocycles. The van der Waals surface area contributed by atoms with Crippen LogP contribution in [0.25, 0.3) is 0 Å². The zero-order chi connectivity index (χ0) is 23.5. The van der Waals surface area contributed by atoms with Crippen molar-refractivity contribution in [2.45, 2.75) is 18.9 Å². The maximum absolute atomic E-state index is 13.3. The summed E-state index contributed by atoms with van der Waals surface area (Å²) in [7, 11) is 1.65. The number of fused-ring (bicyclic) bond motifs is 1. The lowest BCUT2D eigenvalue weighted by Gasteiger charge is -2.17. The van der Waals surface area contributed by atoms with Crippen LogP contribution in [0.2, 0.25) is 0 Å². The molecule has 6 nitrogen and oxygen atoms in total. The van der Waals surface area contributed by atoms with Gasteiger partial charge in [0.15, 0.2) is 0 Å². The molecule has 1 amide bonds. The fourth-order valence-corrected chi connectivity index (χ4v) is 4.44. The number of rotatable bonds is 6. The Labute approximate surface area is 197 Å². The number of hydrogen-bond acceptors (Lipinski definition) is 4. The van der Waals surface area contributed by atoms with Crippen molar-refractivity contribution in [1.82, 2.24) is 4.57 Å². The smallest absolute Gasteiger partial charge is 0.263 e. The predicted molar refractivity (Wildman–Crippen MR) is 131 cm³/mol. The fourth-order valence-electron chi connectivity index (χ4n) is 4.44. The average molecular weight is 453 g/mol. The van der Waals surface area contributed by atoms with Gasteiger partial charge < -0.3 is 19.4 Å². The van der Waals surface area contributed by atoms with Gasteiger partial charge >= 0.3 is 0 Å². The van der Waals surface area contributed by atoms with Crippen LogP contribution in [0, 0.1) is 0 Å². The van der Waals surface area contributed by atoms with E-state index in [0.29, 0.717) is 11.4 Å². The number of benzene rings is 3. The van der Waals surface area contributed by atoms with Gasteiger partial charge in [-0.25, -0.2) is 0 Å². The standard InChI is InChI=1S/C28H24N2O4/c1-33-26-11-5-9-22-23(26)16-17-25(22)30-18-6-10-24(28(30)32)27(31)29-19-12-14-21(15-13-19)34-20-7-3-2-4-8-20/h2-15,18,25H,16-17H2,1H3,(H,29,31). The molecule has 4 aromatic rings. The van der Waals surface area contributed by atoms with Gasteiger partial charge in [0.05, 0.1) is 13.2 Å². The highest BCUT2D eigenvalue weighted by molar-refractivity contribution is 6.04. The molecule has 0 spiro atoms. The Morgan fingerprint density at radius 1 is 0.912 bits per heavy atom. The number of anilines is 1. The number of methoxy groups -OCH3 is 1. The summed E-state index contributed by atoms with van der Waals surface area (Å²) in [6.45, 7) is 0. The van der Waals surface area contributed by atoms with E-state index in [2.05, 4.69) is 5.32 Å². The minimum absolute atomic E-state index is 0.100. The molecule has 0 bridgehead atoms. The number of amides is 1. The second-order valence-corrected chi connectivity index (χ2v) is 8.11. The number of para-hydroxylation sites is 1. The van der Waals surface area contributed by atoms with E-state index in [-0.39, 0.29) is 17.2 Å². The van der Waals surface area contributed by atoms with Crippen LogP contribution in [0.15, 0.2) is 95.9 Å². The summed E-state index contributed by atoms with van der Waals surface area (Å²) in [5, 5.41) is 2.82. The van der Waals surface area contributed by atoms with E-state index in [9.17, 15) is 9.59 Å².